The van der Waals surface area contributed by atoms with Gasteiger partial charge in [-0.25, -0.2) is 4.98 Å². The molecule has 1 heterocycles. The summed E-state index contributed by atoms with van der Waals surface area (Å²) in [4.78, 5) is 20.1. The van der Waals surface area contributed by atoms with Crippen molar-refractivity contribution >= 4 is 28.8 Å². The molecule has 0 aliphatic carbocycles. The van der Waals surface area contributed by atoms with E-state index in [0.29, 0.717) is 12.3 Å². The zero-order valence-electron chi connectivity index (χ0n) is 11.1. The smallest absolute Gasteiger partial charge is 0.229 e. The number of carbonyl (C=O) groups excluding carboxylic acids is 1. The second kappa shape index (κ2) is 7.71. The Kier molecular flexibility index (Phi) is 6.60. The lowest BCUT2D eigenvalue weighted by molar-refractivity contribution is -0.129. The fourth-order valence-corrected chi connectivity index (χ4v) is 2.52. The van der Waals surface area contributed by atoms with Crippen molar-refractivity contribution in [2.75, 3.05) is 34.2 Å². The Morgan fingerprint density at radius 1 is 1.39 bits per heavy atom. The highest BCUT2D eigenvalue weighted by molar-refractivity contribution is 7.09. The number of aromatic nitrogens is 1. The van der Waals surface area contributed by atoms with Crippen LogP contribution in [0.25, 0.3) is 0 Å². The molecule has 0 N–H and O–H groups in total. The summed E-state index contributed by atoms with van der Waals surface area (Å²) in [5.74, 6) is 0.521. The second-order valence-corrected chi connectivity index (χ2v) is 5.73. The maximum atomic E-state index is 11.9. The first-order valence-corrected chi connectivity index (χ1v) is 7.32. The lowest BCUT2D eigenvalue weighted by Gasteiger charge is -2.18. The SMILES string of the molecule is CN(C)CCCN(C)C(=O)Cc1nc(CCl)cs1. The van der Waals surface area contributed by atoms with Gasteiger partial charge < -0.3 is 9.80 Å². The highest BCUT2D eigenvalue weighted by atomic mass is 35.5. The topological polar surface area (TPSA) is 36.4 Å². The van der Waals surface area contributed by atoms with E-state index in [9.17, 15) is 4.79 Å². The third-order valence-corrected chi connectivity index (χ3v) is 3.73. The summed E-state index contributed by atoms with van der Waals surface area (Å²) in [6.07, 6.45) is 1.36. The molecule has 102 valence electrons. The van der Waals surface area contributed by atoms with Gasteiger partial charge in [0.05, 0.1) is 18.0 Å². The van der Waals surface area contributed by atoms with Crippen molar-refractivity contribution in [2.24, 2.45) is 0 Å². The van der Waals surface area contributed by atoms with E-state index in [1.807, 2.05) is 26.5 Å². The third kappa shape index (κ3) is 5.33. The van der Waals surface area contributed by atoms with Crippen molar-refractivity contribution in [3.63, 3.8) is 0 Å². The van der Waals surface area contributed by atoms with E-state index in [1.165, 1.54) is 11.3 Å². The van der Waals surface area contributed by atoms with Gasteiger partial charge >= 0.3 is 0 Å². The van der Waals surface area contributed by atoms with Crippen LogP contribution in [0.4, 0.5) is 0 Å². The molecule has 0 saturated heterocycles. The van der Waals surface area contributed by atoms with Gasteiger partial charge in [-0.3, -0.25) is 4.79 Å². The number of thiazole rings is 1. The summed E-state index contributed by atoms with van der Waals surface area (Å²) in [6, 6.07) is 0. The number of hydrogen-bond acceptors (Lipinski definition) is 4. The van der Waals surface area contributed by atoms with E-state index in [-0.39, 0.29) is 5.91 Å². The largest absolute Gasteiger partial charge is 0.345 e. The Morgan fingerprint density at radius 2 is 2.11 bits per heavy atom. The second-order valence-electron chi connectivity index (χ2n) is 4.52. The van der Waals surface area contributed by atoms with Crippen molar-refractivity contribution in [1.82, 2.24) is 14.8 Å². The van der Waals surface area contributed by atoms with Gasteiger partial charge in [0.25, 0.3) is 0 Å². The standard InChI is InChI=1S/C12H20ClN3OS/c1-15(2)5-4-6-16(3)12(17)7-11-14-10(8-13)9-18-11/h9H,4-8H2,1-3H3. The summed E-state index contributed by atoms with van der Waals surface area (Å²) >= 11 is 7.18. The summed E-state index contributed by atoms with van der Waals surface area (Å²) in [7, 11) is 5.91. The highest BCUT2D eigenvalue weighted by Crippen LogP contribution is 2.12. The van der Waals surface area contributed by atoms with E-state index in [4.69, 9.17) is 11.6 Å². The Balaban J connectivity index is 2.35. The molecular weight excluding hydrogens is 270 g/mol. The van der Waals surface area contributed by atoms with Gasteiger partial charge in [0, 0.05) is 19.0 Å². The van der Waals surface area contributed by atoms with Gasteiger partial charge in [-0.15, -0.1) is 22.9 Å². The Labute approximate surface area is 118 Å². The number of hydrogen-bond donors (Lipinski definition) is 0. The van der Waals surface area contributed by atoms with Gasteiger partial charge in [0.1, 0.15) is 5.01 Å². The van der Waals surface area contributed by atoms with Crippen LogP contribution < -0.4 is 0 Å². The maximum Gasteiger partial charge on any atom is 0.229 e. The first-order valence-electron chi connectivity index (χ1n) is 5.91. The molecule has 0 bridgehead atoms. The first kappa shape index (κ1) is 15.4. The molecule has 0 unspecified atom stereocenters. The van der Waals surface area contributed by atoms with Gasteiger partial charge in [-0.05, 0) is 27.1 Å². The number of carbonyl (C=O) groups is 1. The fourth-order valence-electron chi connectivity index (χ4n) is 1.50. The third-order valence-electron chi connectivity index (χ3n) is 2.56. The number of amides is 1. The van der Waals surface area contributed by atoms with Crippen LogP contribution >= 0.6 is 22.9 Å². The molecule has 6 heteroatoms. The van der Waals surface area contributed by atoms with E-state index < -0.39 is 0 Å². The zero-order chi connectivity index (χ0) is 13.5. The molecular formula is C12H20ClN3OS. The van der Waals surface area contributed by atoms with Crippen molar-refractivity contribution in [2.45, 2.75) is 18.7 Å². The number of halogens is 1. The van der Waals surface area contributed by atoms with Crippen molar-refractivity contribution in [1.29, 1.82) is 0 Å². The van der Waals surface area contributed by atoms with E-state index in [0.717, 1.165) is 30.2 Å². The van der Waals surface area contributed by atoms with Crippen LogP contribution in [0, 0.1) is 0 Å². The van der Waals surface area contributed by atoms with Gasteiger partial charge in [-0.2, -0.15) is 0 Å². The molecule has 1 amide bonds. The van der Waals surface area contributed by atoms with E-state index in [2.05, 4.69) is 9.88 Å². The Morgan fingerprint density at radius 3 is 2.67 bits per heavy atom. The first-order chi connectivity index (χ1) is 8.52. The van der Waals surface area contributed by atoms with Crippen LogP contribution in [0.15, 0.2) is 5.38 Å². The van der Waals surface area contributed by atoms with Crippen LogP contribution in [0.1, 0.15) is 17.1 Å². The minimum Gasteiger partial charge on any atom is -0.345 e. The summed E-state index contributed by atoms with van der Waals surface area (Å²) in [6.45, 7) is 1.77. The maximum absolute atomic E-state index is 11.9. The molecule has 0 spiro atoms. The molecule has 1 aromatic rings. The molecule has 0 radical (unpaired) electrons. The lowest BCUT2D eigenvalue weighted by Crippen LogP contribution is -2.30. The predicted molar refractivity (Wildman–Crippen MR) is 76.2 cm³/mol. The zero-order valence-corrected chi connectivity index (χ0v) is 12.7. The van der Waals surface area contributed by atoms with Crippen molar-refractivity contribution in [3.05, 3.63) is 16.1 Å². The minimum absolute atomic E-state index is 0.115. The highest BCUT2D eigenvalue weighted by Gasteiger charge is 2.12. The van der Waals surface area contributed by atoms with Crippen LogP contribution in [0.3, 0.4) is 0 Å². The number of nitrogens with zero attached hydrogens (tertiary/aromatic N) is 3. The molecule has 0 atom stereocenters. The van der Waals surface area contributed by atoms with Crippen molar-refractivity contribution < 1.29 is 4.79 Å². The molecule has 0 aliphatic rings. The number of alkyl halides is 1. The number of likely N-dealkylation sites (N-methyl/N-ethyl adjacent to an activating group) is 1. The molecule has 0 aliphatic heterocycles. The average Bonchev–Trinajstić information content (AvgIpc) is 2.76. The molecule has 18 heavy (non-hydrogen) atoms. The molecule has 4 nitrogen and oxygen atoms in total. The van der Waals surface area contributed by atoms with Crippen LogP contribution in [-0.4, -0.2) is 54.9 Å². The average molecular weight is 290 g/mol. The van der Waals surface area contributed by atoms with Crippen LogP contribution in [0.2, 0.25) is 0 Å². The number of rotatable bonds is 7. The quantitative estimate of drug-likeness (QED) is 0.719. The molecule has 0 aromatic carbocycles. The van der Waals surface area contributed by atoms with Gasteiger partial charge in [-0.1, -0.05) is 0 Å². The normalized spacial score (nSPS) is 10.9. The molecule has 0 saturated carbocycles. The Bertz CT molecular complexity index is 381. The molecule has 1 rings (SSSR count). The summed E-state index contributed by atoms with van der Waals surface area (Å²) in [5, 5.41) is 2.75. The predicted octanol–water partition coefficient (Wildman–Crippen LogP) is 1.83. The lowest BCUT2D eigenvalue weighted by atomic mass is 10.3. The summed E-state index contributed by atoms with van der Waals surface area (Å²) < 4.78 is 0. The molecule has 0 fully saturated rings. The van der Waals surface area contributed by atoms with Crippen molar-refractivity contribution in [3.8, 4) is 0 Å². The van der Waals surface area contributed by atoms with E-state index in [1.54, 1.807) is 4.90 Å². The van der Waals surface area contributed by atoms with Gasteiger partial charge in [0.15, 0.2) is 0 Å². The van der Waals surface area contributed by atoms with Crippen LogP contribution in [0.5, 0.6) is 0 Å². The fraction of sp³-hybridized carbons (Fsp3) is 0.667. The monoisotopic (exact) mass is 289 g/mol. The minimum atomic E-state index is 0.115. The van der Waals surface area contributed by atoms with Crippen LogP contribution in [-0.2, 0) is 17.1 Å². The Hall–Kier alpha value is -0.650. The molecule has 1 aromatic heterocycles. The summed E-state index contributed by atoms with van der Waals surface area (Å²) in [5.41, 5.74) is 0.847. The van der Waals surface area contributed by atoms with E-state index >= 15 is 0 Å². The van der Waals surface area contributed by atoms with Gasteiger partial charge in [0.2, 0.25) is 5.91 Å².